The summed E-state index contributed by atoms with van der Waals surface area (Å²) < 4.78 is 1.43. The van der Waals surface area contributed by atoms with Crippen molar-refractivity contribution in [2.75, 3.05) is 20.1 Å². The Hall–Kier alpha value is -1.96. The van der Waals surface area contributed by atoms with Gasteiger partial charge >= 0.3 is 5.97 Å². The SMILES string of the molecule is CCN(C)C(=O)C(C)NCCn1cc(C(=O)O)nn1. The standard InChI is InChI=1S/C11H19N5O3/c1-4-15(3)10(17)8(2)12-5-6-16-7-9(11(18)19)13-14-16/h7-8,12H,4-6H2,1-3H3,(H,18,19). The largest absolute Gasteiger partial charge is 0.476 e. The smallest absolute Gasteiger partial charge is 0.358 e. The lowest BCUT2D eigenvalue weighted by molar-refractivity contribution is -0.131. The van der Waals surface area contributed by atoms with E-state index in [1.165, 1.54) is 10.9 Å². The number of hydrogen-bond donors (Lipinski definition) is 2. The molecule has 0 aliphatic rings. The van der Waals surface area contributed by atoms with Crippen molar-refractivity contribution in [3.63, 3.8) is 0 Å². The molecule has 0 spiro atoms. The molecule has 0 saturated heterocycles. The maximum atomic E-state index is 11.8. The Labute approximate surface area is 111 Å². The fraction of sp³-hybridized carbons (Fsp3) is 0.636. The highest BCUT2D eigenvalue weighted by molar-refractivity contribution is 5.84. The van der Waals surface area contributed by atoms with Crippen LogP contribution in [0.5, 0.6) is 0 Å². The van der Waals surface area contributed by atoms with E-state index in [1.54, 1.807) is 18.9 Å². The Morgan fingerprint density at radius 2 is 2.26 bits per heavy atom. The number of nitrogens with zero attached hydrogens (tertiary/aromatic N) is 4. The van der Waals surface area contributed by atoms with E-state index in [-0.39, 0.29) is 17.6 Å². The first kappa shape index (κ1) is 15.1. The molecule has 1 unspecified atom stereocenters. The maximum absolute atomic E-state index is 11.8. The molecule has 0 fully saturated rings. The Morgan fingerprint density at radius 1 is 1.58 bits per heavy atom. The third-order valence-electron chi connectivity index (χ3n) is 2.77. The summed E-state index contributed by atoms with van der Waals surface area (Å²) in [5.41, 5.74) is -0.0881. The number of nitrogens with one attached hydrogen (secondary N) is 1. The highest BCUT2D eigenvalue weighted by Crippen LogP contribution is 1.94. The molecule has 2 N–H and O–H groups in total. The van der Waals surface area contributed by atoms with Crippen LogP contribution < -0.4 is 5.32 Å². The first-order chi connectivity index (χ1) is 8.95. The minimum atomic E-state index is -1.10. The number of rotatable bonds is 7. The summed E-state index contributed by atoms with van der Waals surface area (Å²) in [4.78, 5) is 24.0. The Morgan fingerprint density at radius 3 is 2.79 bits per heavy atom. The van der Waals surface area contributed by atoms with Gasteiger partial charge in [0.1, 0.15) is 0 Å². The zero-order valence-electron chi connectivity index (χ0n) is 11.3. The highest BCUT2D eigenvalue weighted by Gasteiger charge is 2.15. The number of carbonyl (C=O) groups is 2. The molecule has 106 valence electrons. The molecule has 0 radical (unpaired) electrons. The Balaban J connectivity index is 2.37. The number of likely N-dealkylation sites (N-methyl/N-ethyl adjacent to an activating group) is 1. The summed E-state index contributed by atoms with van der Waals surface area (Å²) in [6.07, 6.45) is 1.36. The molecule has 0 bridgehead atoms. The van der Waals surface area contributed by atoms with Gasteiger partial charge in [-0.05, 0) is 13.8 Å². The van der Waals surface area contributed by atoms with Gasteiger partial charge < -0.3 is 15.3 Å². The maximum Gasteiger partial charge on any atom is 0.358 e. The quantitative estimate of drug-likeness (QED) is 0.687. The first-order valence-electron chi connectivity index (χ1n) is 6.07. The van der Waals surface area contributed by atoms with Gasteiger partial charge in [0.15, 0.2) is 5.69 Å². The fourth-order valence-electron chi connectivity index (χ4n) is 1.48. The second-order valence-electron chi connectivity index (χ2n) is 4.20. The van der Waals surface area contributed by atoms with Crippen molar-refractivity contribution in [2.24, 2.45) is 0 Å². The van der Waals surface area contributed by atoms with Gasteiger partial charge in [-0.2, -0.15) is 0 Å². The van der Waals surface area contributed by atoms with Crippen LogP contribution in [0.3, 0.4) is 0 Å². The molecule has 0 aliphatic carbocycles. The molecule has 19 heavy (non-hydrogen) atoms. The molecule has 1 aromatic heterocycles. The Kier molecular flexibility index (Phi) is 5.43. The summed E-state index contributed by atoms with van der Waals surface area (Å²) in [6, 6.07) is -0.285. The molecular weight excluding hydrogens is 250 g/mol. The lowest BCUT2D eigenvalue weighted by Crippen LogP contribution is -2.44. The monoisotopic (exact) mass is 269 g/mol. The lowest BCUT2D eigenvalue weighted by Gasteiger charge is -2.20. The van der Waals surface area contributed by atoms with Crippen LogP contribution in [0.4, 0.5) is 0 Å². The Bertz CT molecular complexity index is 445. The molecular formula is C11H19N5O3. The molecule has 0 aromatic carbocycles. The van der Waals surface area contributed by atoms with Crippen molar-refractivity contribution in [3.8, 4) is 0 Å². The van der Waals surface area contributed by atoms with Crippen molar-refractivity contribution in [1.29, 1.82) is 0 Å². The van der Waals surface area contributed by atoms with Gasteiger partial charge in [0.25, 0.3) is 0 Å². The van der Waals surface area contributed by atoms with Crippen LogP contribution in [0.1, 0.15) is 24.3 Å². The molecule has 1 amide bonds. The van der Waals surface area contributed by atoms with Gasteiger partial charge in [0, 0.05) is 20.1 Å². The van der Waals surface area contributed by atoms with Crippen LogP contribution in [0.25, 0.3) is 0 Å². The minimum absolute atomic E-state index is 0.0207. The fourth-order valence-corrected chi connectivity index (χ4v) is 1.48. The van der Waals surface area contributed by atoms with Crippen molar-refractivity contribution in [1.82, 2.24) is 25.2 Å². The van der Waals surface area contributed by atoms with Gasteiger partial charge in [-0.1, -0.05) is 5.21 Å². The molecule has 0 saturated carbocycles. The first-order valence-corrected chi connectivity index (χ1v) is 6.07. The van der Waals surface area contributed by atoms with Crippen molar-refractivity contribution < 1.29 is 14.7 Å². The van der Waals surface area contributed by atoms with E-state index in [0.717, 1.165) is 0 Å². The minimum Gasteiger partial charge on any atom is -0.476 e. The van der Waals surface area contributed by atoms with E-state index in [4.69, 9.17) is 5.11 Å². The van der Waals surface area contributed by atoms with E-state index in [2.05, 4.69) is 15.6 Å². The van der Waals surface area contributed by atoms with Crippen LogP contribution >= 0.6 is 0 Å². The zero-order chi connectivity index (χ0) is 14.4. The summed E-state index contributed by atoms with van der Waals surface area (Å²) in [6.45, 7) is 5.32. The topological polar surface area (TPSA) is 100 Å². The van der Waals surface area contributed by atoms with Gasteiger partial charge in [-0.3, -0.25) is 9.48 Å². The van der Waals surface area contributed by atoms with E-state index in [9.17, 15) is 9.59 Å². The second-order valence-corrected chi connectivity index (χ2v) is 4.20. The van der Waals surface area contributed by atoms with Crippen molar-refractivity contribution in [2.45, 2.75) is 26.4 Å². The summed E-state index contributed by atoms with van der Waals surface area (Å²) in [5.74, 6) is -1.08. The molecule has 1 rings (SSSR count). The predicted molar refractivity (Wildman–Crippen MR) is 67.8 cm³/mol. The van der Waals surface area contributed by atoms with Crippen LogP contribution in [0.2, 0.25) is 0 Å². The van der Waals surface area contributed by atoms with E-state index < -0.39 is 5.97 Å². The number of carbonyl (C=O) groups excluding carboxylic acids is 1. The summed E-state index contributed by atoms with van der Waals surface area (Å²) in [5, 5.41) is 18.9. The number of carboxylic acid groups (broad SMARTS) is 1. The van der Waals surface area contributed by atoms with Crippen LogP contribution in [0.15, 0.2) is 6.20 Å². The molecule has 1 atom stereocenters. The van der Waals surface area contributed by atoms with Crippen molar-refractivity contribution >= 4 is 11.9 Å². The van der Waals surface area contributed by atoms with Gasteiger partial charge in [-0.15, -0.1) is 5.10 Å². The van der Waals surface area contributed by atoms with Gasteiger partial charge in [0.2, 0.25) is 5.91 Å². The summed E-state index contributed by atoms with van der Waals surface area (Å²) in [7, 11) is 1.75. The van der Waals surface area contributed by atoms with E-state index in [0.29, 0.717) is 19.6 Å². The second kappa shape index (κ2) is 6.83. The molecule has 1 aromatic rings. The van der Waals surface area contributed by atoms with E-state index in [1.807, 2.05) is 6.92 Å². The van der Waals surface area contributed by atoms with Crippen molar-refractivity contribution in [3.05, 3.63) is 11.9 Å². The zero-order valence-corrected chi connectivity index (χ0v) is 11.3. The molecule has 0 aliphatic heterocycles. The van der Waals surface area contributed by atoms with E-state index >= 15 is 0 Å². The normalized spacial score (nSPS) is 12.2. The number of aromatic carboxylic acids is 1. The molecule has 8 nitrogen and oxygen atoms in total. The average molecular weight is 269 g/mol. The third kappa shape index (κ3) is 4.32. The summed E-state index contributed by atoms with van der Waals surface area (Å²) >= 11 is 0. The predicted octanol–water partition coefficient (Wildman–Crippen LogP) is -0.567. The van der Waals surface area contributed by atoms with Crippen LogP contribution in [0, 0.1) is 0 Å². The molecule has 8 heteroatoms. The third-order valence-corrected chi connectivity index (χ3v) is 2.77. The van der Waals surface area contributed by atoms with Crippen LogP contribution in [-0.4, -0.2) is 63.1 Å². The van der Waals surface area contributed by atoms with Crippen LogP contribution in [-0.2, 0) is 11.3 Å². The number of aromatic nitrogens is 3. The lowest BCUT2D eigenvalue weighted by atomic mass is 10.3. The number of carboxylic acids is 1. The average Bonchev–Trinajstić information content (AvgIpc) is 2.85. The highest BCUT2D eigenvalue weighted by atomic mass is 16.4. The number of hydrogen-bond acceptors (Lipinski definition) is 5. The van der Waals surface area contributed by atoms with Gasteiger partial charge in [-0.25, -0.2) is 4.79 Å². The molecule has 1 heterocycles. The number of amides is 1. The van der Waals surface area contributed by atoms with Gasteiger partial charge in [0.05, 0.1) is 18.8 Å².